The molecule has 0 aromatic carbocycles. The smallest absolute Gasteiger partial charge is 0.353 e. The Labute approximate surface area is 82.8 Å². The van der Waals surface area contributed by atoms with Crippen molar-refractivity contribution in [3.05, 3.63) is 10.6 Å². The van der Waals surface area contributed by atoms with Crippen molar-refractivity contribution >= 4 is 22.7 Å². The number of aliphatic carboxylic acids is 1. The van der Waals surface area contributed by atoms with Crippen LogP contribution in [0.3, 0.4) is 0 Å². The number of β-lactam (4-membered cyclic amide) rings is 1. The van der Waals surface area contributed by atoms with Gasteiger partial charge in [-0.25, -0.2) is 4.79 Å². The predicted octanol–water partition coefficient (Wildman–Crippen LogP) is 0.0133. The summed E-state index contributed by atoms with van der Waals surface area (Å²) in [6.45, 7) is 1.74. The first-order valence-corrected chi connectivity index (χ1v) is 5.48. The van der Waals surface area contributed by atoms with E-state index in [4.69, 9.17) is 5.11 Å². The highest BCUT2D eigenvalue weighted by atomic mass is 32.2. The lowest BCUT2D eigenvalue weighted by atomic mass is 10.1. The Bertz CT molecular complexity index is 387. The molecule has 0 aromatic rings. The van der Waals surface area contributed by atoms with Gasteiger partial charge >= 0.3 is 5.97 Å². The Balaban J connectivity index is 2.48. The molecule has 0 bridgehead atoms. The maximum absolute atomic E-state index is 11.7. The maximum Gasteiger partial charge on any atom is 0.353 e. The summed E-state index contributed by atoms with van der Waals surface area (Å²) in [5.74, 6) is -1.41. The summed E-state index contributed by atoms with van der Waals surface area (Å²) in [5, 5.41) is 8.47. The molecule has 0 spiro atoms. The number of nitrogens with zero attached hydrogens (tertiary/aromatic N) is 1. The summed E-state index contributed by atoms with van der Waals surface area (Å²) in [7, 11) is -1.32. The summed E-state index contributed by atoms with van der Waals surface area (Å²) in [6, 6.07) is 0. The minimum Gasteiger partial charge on any atom is -0.477 e. The zero-order valence-electron chi connectivity index (χ0n) is 7.52. The fraction of sp³-hybridized carbons (Fsp3) is 0.500. The average molecular weight is 215 g/mol. The Kier molecular flexibility index (Phi) is 1.95. The molecule has 6 heteroatoms. The van der Waals surface area contributed by atoms with Crippen LogP contribution >= 0.6 is 0 Å². The van der Waals surface area contributed by atoms with Gasteiger partial charge in [0.1, 0.15) is 11.1 Å². The molecule has 0 saturated carbocycles. The van der Waals surface area contributed by atoms with E-state index < -0.39 is 22.1 Å². The topological polar surface area (TPSA) is 74.7 Å². The summed E-state index contributed by atoms with van der Waals surface area (Å²) in [6.07, 6.45) is 0.613. The highest BCUT2D eigenvalue weighted by Crippen LogP contribution is 2.39. The second-order valence-corrected chi connectivity index (χ2v) is 4.78. The van der Waals surface area contributed by atoms with Gasteiger partial charge in [-0.15, -0.1) is 0 Å². The number of carbonyl (C=O) groups excluding carboxylic acids is 1. The number of amides is 1. The van der Waals surface area contributed by atoms with Gasteiger partial charge < -0.3 is 5.11 Å². The van der Waals surface area contributed by atoms with E-state index in [1.807, 2.05) is 0 Å². The molecule has 1 fully saturated rings. The number of hydrogen-bond donors (Lipinski definition) is 1. The van der Waals surface area contributed by atoms with Crippen LogP contribution in [-0.4, -0.2) is 31.5 Å². The lowest BCUT2D eigenvalue weighted by molar-refractivity contribution is -0.145. The van der Waals surface area contributed by atoms with E-state index in [9.17, 15) is 13.8 Å². The number of carboxylic acid groups (broad SMARTS) is 1. The summed E-state index contributed by atoms with van der Waals surface area (Å²) in [5.41, 5.74) is -0.0629. The first kappa shape index (κ1) is 9.39. The van der Waals surface area contributed by atoms with Crippen LogP contribution in [0.4, 0.5) is 0 Å². The van der Waals surface area contributed by atoms with Gasteiger partial charge in [-0.05, 0) is 6.42 Å². The van der Waals surface area contributed by atoms with Crippen LogP contribution in [0.5, 0.6) is 0 Å². The monoisotopic (exact) mass is 215 g/mol. The molecule has 0 aliphatic carbocycles. The van der Waals surface area contributed by atoms with Gasteiger partial charge in [0.05, 0.1) is 17.2 Å². The van der Waals surface area contributed by atoms with E-state index >= 15 is 0 Å². The summed E-state index contributed by atoms with van der Waals surface area (Å²) < 4.78 is 11.7. The van der Waals surface area contributed by atoms with Crippen LogP contribution < -0.4 is 0 Å². The van der Waals surface area contributed by atoms with Crippen molar-refractivity contribution in [3.8, 4) is 0 Å². The largest absolute Gasteiger partial charge is 0.477 e. The van der Waals surface area contributed by atoms with Crippen LogP contribution in [0.1, 0.15) is 19.8 Å². The second-order valence-electron chi connectivity index (χ2n) is 3.15. The lowest BCUT2D eigenvalue weighted by Crippen LogP contribution is -2.51. The second kappa shape index (κ2) is 2.91. The fourth-order valence-corrected chi connectivity index (χ4v) is 3.45. The summed E-state index contributed by atoms with van der Waals surface area (Å²) >= 11 is 0. The molecule has 2 aliphatic heterocycles. The quantitative estimate of drug-likeness (QED) is 0.658. The Morgan fingerprint density at radius 1 is 1.71 bits per heavy atom. The molecule has 0 radical (unpaired) electrons. The van der Waals surface area contributed by atoms with Crippen LogP contribution in [0.2, 0.25) is 0 Å². The highest BCUT2D eigenvalue weighted by Gasteiger charge is 2.51. The van der Waals surface area contributed by atoms with Crippen molar-refractivity contribution < 1.29 is 18.9 Å². The Morgan fingerprint density at radius 3 is 2.79 bits per heavy atom. The minimum absolute atomic E-state index is 0.0629. The van der Waals surface area contributed by atoms with Gasteiger partial charge in [0, 0.05) is 4.91 Å². The molecule has 2 heterocycles. The molecule has 2 rings (SSSR count). The van der Waals surface area contributed by atoms with Crippen molar-refractivity contribution in [2.45, 2.75) is 25.1 Å². The Hall–Kier alpha value is -1.17. The van der Waals surface area contributed by atoms with Crippen molar-refractivity contribution in [3.63, 3.8) is 0 Å². The molecular formula is C8H9NO4S. The number of carboxylic acids is 1. The molecule has 1 amide bonds. The number of hydrogen-bond acceptors (Lipinski definition) is 3. The zero-order chi connectivity index (χ0) is 10.5. The predicted molar refractivity (Wildman–Crippen MR) is 48.3 cm³/mol. The highest BCUT2D eigenvalue weighted by molar-refractivity contribution is 7.90. The summed E-state index contributed by atoms with van der Waals surface area (Å²) in [4.78, 5) is 23.5. The van der Waals surface area contributed by atoms with E-state index in [0.717, 1.165) is 4.90 Å². The van der Waals surface area contributed by atoms with E-state index in [-0.39, 0.29) is 18.0 Å². The maximum atomic E-state index is 11.7. The van der Waals surface area contributed by atoms with Crippen LogP contribution in [0.15, 0.2) is 10.6 Å². The van der Waals surface area contributed by atoms with Gasteiger partial charge in [0.25, 0.3) is 0 Å². The lowest BCUT2D eigenvalue weighted by Gasteiger charge is -2.33. The zero-order valence-corrected chi connectivity index (χ0v) is 8.34. The van der Waals surface area contributed by atoms with Crippen LogP contribution in [0.25, 0.3) is 0 Å². The molecule has 5 nitrogen and oxygen atoms in total. The minimum atomic E-state index is -1.32. The third-order valence-corrected chi connectivity index (χ3v) is 4.26. The average Bonchev–Trinajstić information content (AvgIpc) is 2.34. The van der Waals surface area contributed by atoms with Crippen molar-refractivity contribution in [1.29, 1.82) is 0 Å². The van der Waals surface area contributed by atoms with Gasteiger partial charge in [0.15, 0.2) is 0 Å². The van der Waals surface area contributed by atoms with Crippen molar-refractivity contribution in [2.24, 2.45) is 0 Å². The number of fused-ring (bicyclic) bond motifs is 1. The van der Waals surface area contributed by atoms with E-state index in [1.54, 1.807) is 6.92 Å². The Morgan fingerprint density at radius 2 is 2.36 bits per heavy atom. The molecular weight excluding hydrogens is 206 g/mol. The first-order chi connectivity index (χ1) is 6.57. The molecule has 1 N–H and O–H groups in total. The van der Waals surface area contributed by atoms with E-state index in [0.29, 0.717) is 11.3 Å². The van der Waals surface area contributed by atoms with Crippen LogP contribution in [0, 0.1) is 0 Å². The van der Waals surface area contributed by atoms with Gasteiger partial charge in [-0.1, -0.05) is 6.92 Å². The van der Waals surface area contributed by atoms with E-state index in [1.165, 1.54) is 0 Å². The van der Waals surface area contributed by atoms with Gasteiger partial charge in [0.2, 0.25) is 5.91 Å². The van der Waals surface area contributed by atoms with Crippen molar-refractivity contribution in [2.75, 3.05) is 0 Å². The van der Waals surface area contributed by atoms with Crippen LogP contribution in [-0.2, 0) is 20.4 Å². The third kappa shape index (κ3) is 0.971. The SMILES string of the molecule is CCC1=C(C(=O)O)N2C(=O)C[C@H]2S1=O. The standard InChI is InChI=1S/C8H9NO4S/c1-2-4-7(8(11)12)9-5(10)3-6(9)14(4)13/h6H,2-3H2,1H3,(H,11,12)/t6-,14?/m1/s1. The third-order valence-electron chi connectivity index (χ3n) is 2.42. The van der Waals surface area contributed by atoms with Gasteiger partial charge in [-0.3, -0.25) is 13.9 Å². The van der Waals surface area contributed by atoms with Gasteiger partial charge in [-0.2, -0.15) is 0 Å². The molecule has 2 atom stereocenters. The molecule has 0 aromatic heterocycles. The number of allylic oxidation sites excluding steroid dienone is 1. The first-order valence-electron chi connectivity index (χ1n) is 4.27. The molecule has 76 valence electrons. The van der Waals surface area contributed by atoms with E-state index in [2.05, 4.69) is 0 Å². The van der Waals surface area contributed by atoms with Crippen molar-refractivity contribution in [1.82, 2.24) is 4.90 Å². The fourth-order valence-electron chi connectivity index (χ4n) is 1.75. The molecule has 1 saturated heterocycles. The number of carbonyl (C=O) groups is 2. The molecule has 14 heavy (non-hydrogen) atoms. The molecule has 2 aliphatic rings. The normalized spacial score (nSPS) is 30.4. The molecule has 1 unspecified atom stereocenters. The number of rotatable bonds is 2.